The maximum atomic E-state index is 13.6. The maximum Gasteiger partial charge on any atom is 0.327 e. The molecule has 0 aromatic heterocycles. The first kappa shape index (κ1) is 23.3. The fourth-order valence-corrected chi connectivity index (χ4v) is 4.83. The van der Waals surface area contributed by atoms with Gasteiger partial charge in [0.1, 0.15) is 6.54 Å². The summed E-state index contributed by atoms with van der Waals surface area (Å²) in [4.78, 5) is 22.7. The quantitative estimate of drug-likeness (QED) is 0.337. The van der Waals surface area contributed by atoms with Gasteiger partial charge in [-0.2, -0.15) is 0 Å². The molecule has 0 spiro atoms. The Bertz CT molecular complexity index is 1010. The molecular formula is C21H26N2O6S. The molecule has 0 amide bonds. The van der Waals surface area contributed by atoms with Crippen molar-refractivity contribution in [2.45, 2.75) is 51.5 Å². The summed E-state index contributed by atoms with van der Waals surface area (Å²) in [5.74, 6) is -0.736. The second-order valence-corrected chi connectivity index (χ2v) is 8.74. The van der Waals surface area contributed by atoms with Crippen molar-refractivity contribution in [3.8, 4) is 0 Å². The number of sulfonamides is 1. The molecule has 0 fully saturated rings. The van der Waals surface area contributed by atoms with Gasteiger partial charge < -0.3 is 4.74 Å². The molecule has 0 heterocycles. The Morgan fingerprint density at radius 1 is 1.07 bits per heavy atom. The van der Waals surface area contributed by atoms with Gasteiger partial charge in [0.2, 0.25) is 0 Å². The molecular weight excluding hydrogens is 408 g/mol. The minimum absolute atomic E-state index is 0.362. The van der Waals surface area contributed by atoms with Gasteiger partial charge in [-0.3, -0.25) is 19.2 Å². The van der Waals surface area contributed by atoms with Gasteiger partial charge >= 0.3 is 5.97 Å². The topological polar surface area (TPSA) is 107 Å². The molecule has 2 rings (SSSR count). The summed E-state index contributed by atoms with van der Waals surface area (Å²) in [6, 6.07) is 10.5. The van der Waals surface area contributed by atoms with E-state index in [1.165, 1.54) is 18.2 Å². The van der Waals surface area contributed by atoms with E-state index in [9.17, 15) is 23.3 Å². The van der Waals surface area contributed by atoms with E-state index in [0.717, 1.165) is 10.4 Å². The van der Waals surface area contributed by atoms with Gasteiger partial charge in [-0.1, -0.05) is 44.2 Å². The Morgan fingerprint density at radius 2 is 1.63 bits per heavy atom. The van der Waals surface area contributed by atoms with Gasteiger partial charge in [-0.05, 0) is 43.9 Å². The summed E-state index contributed by atoms with van der Waals surface area (Å²) in [5, 5.41) is 11.5. The lowest BCUT2D eigenvalue weighted by Gasteiger charge is -2.28. The third-order valence-corrected chi connectivity index (χ3v) is 6.28. The van der Waals surface area contributed by atoms with E-state index < -0.39 is 44.1 Å². The van der Waals surface area contributed by atoms with Crippen molar-refractivity contribution in [2.75, 3.05) is 10.8 Å². The predicted molar refractivity (Wildman–Crippen MR) is 114 cm³/mol. The molecule has 0 saturated heterocycles. The zero-order chi connectivity index (χ0) is 22.5. The number of anilines is 1. The zero-order valence-corrected chi connectivity index (χ0v) is 18.3. The summed E-state index contributed by atoms with van der Waals surface area (Å²) in [6.07, 6.45) is 0.608. The smallest absolute Gasteiger partial charge is 0.327 e. The van der Waals surface area contributed by atoms with Crippen LogP contribution in [-0.4, -0.2) is 32.0 Å². The predicted octanol–water partition coefficient (Wildman–Crippen LogP) is 3.87. The number of benzene rings is 2. The summed E-state index contributed by atoms with van der Waals surface area (Å²) < 4.78 is 33.4. The Labute approximate surface area is 176 Å². The minimum atomic E-state index is -4.44. The number of nitro groups is 1. The van der Waals surface area contributed by atoms with E-state index in [1.807, 2.05) is 19.9 Å². The number of hydrogen-bond donors (Lipinski definition) is 0. The van der Waals surface area contributed by atoms with Crippen molar-refractivity contribution in [1.82, 2.24) is 0 Å². The fourth-order valence-electron chi connectivity index (χ4n) is 3.18. The van der Waals surface area contributed by atoms with Crippen molar-refractivity contribution < 1.29 is 22.9 Å². The first-order valence-corrected chi connectivity index (χ1v) is 11.1. The van der Waals surface area contributed by atoms with Crippen LogP contribution in [0.15, 0.2) is 47.4 Å². The number of rotatable bonds is 9. The molecule has 0 saturated carbocycles. The number of aryl methyl sites for hydroxylation is 2. The van der Waals surface area contributed by atoms with E-state index >= 15 is 0 Å². The minimum Gasteiger partial charge on any atom is -0.462 e. The van der Waals surface area contributed by atoms with E-state index in [0.29, 0.717) is 29.7 Å². The second kappa shape index (κ2) is 9.71. The van der Waals surface area contributed by atoms with Crippen LogP contribution in [0.25, 0.3) is 0 Å². The molecule has 0 unspecified atom stereocenters. The van der Waals surface area contributed by atoms with Gasteiger partial charge in [0.25, 0.3) is 15.7 Å². The van der Waals surface area contributed by atoms with Crippen LogP contribution in [0, 0.1) is 10.1 Å². The molecule has 0 radical (unpaired) electrons. The van der Waals surface area contributed by atoms with Crippen molar-refractivity contribution >= 4 is 27.4 Å². The van der Waals surface area contributed by atoms with Gasteiger partial charge in [0.15, 0.2) is 4.90 Å². The number of carbonyl (C=O) groups excluding carboxylic acids is 1. The number of nitrogens with zero attached hydrogens (tertiary/aromatic N) is 2. The van der Waals surface area contributed by atoms with E-state index in [2.05, 4.69) is 0 Å². The molecule has 0 atom stereocenters. The van der Waals surface area contributed by atoms with E-state index in [1.54, 1.807) is 26.0 Å². The van der Waals surface area contributed by atoms with Crippen molar-refractivity contribution in [3.63, 3.8) is 0 Å². The lowest BCUT2D eigenvalue weighted by atomic mass is 10.0. The zero-order valence-electron chi connectivity index (χ0n) is 17.5. The largest absolute Gasteiger partial charge is 0.462 e. The molecule has 0 bridgehead atoms. The second-order valence-electron chi connectivity index (χ2n) is 6.91. The maximum absolute atomic E-state index is 13.6. The highest BCUT2D eigenvalue weighted by atomic mass is 32.2. The monoisotopic (exact) mass is 434 g/mol. The molecule has 0 aliphatic carbocycles. The molecule has 0 N–H and O–H groups in total. The van der Waals surface area contributed by atoms with Crippen molar-refractivity contribution in [2.24, 2.45) is 0 Å². The Kier molecular flexibility index (Phi) is 7.55. The highest BCUT2D eigenvalue weighted by Gasteiger charge is 2.35. The molecule has 162 valence electrons. The molecule has 9 heteroatoms. The summed E-state index contributed by atoms with van der Waals surface area (Å²) in [5.41, 5.74) is 1.25. The fraction of sp³-hybridized carbons (Fsp3) is 0.381. The summed E-state index contributed by atoms with van der Waals surface area (Å²) >= 11 is 0. The van der Waals surface area contributed by atoms with Crippen molar-refractivity contribution in [3.05, 3.63) is 63.7 Å². The molecule has 30 heavy (non-hydrogen) atoms. The third-order valence-electron chi connectivity index (χ3n) is 4.48. The van der Waals surface area contributed by atoms with Crippen LogP contribution >= 0.6 is 0 Å². The molecule has 2 aromatic carbocycles. The Morgan fingerprint density at radius 3 is 2.13 bits per heavy atom. The number of hydrogen-bond acceptors (Lipinski definition) is 6. The third kappa shape index (κ3) is 4.96. The normalized spacial score (nSPS) is 11.4. The van der Waals surface area contributed by atoms with E-state index in [4.69, 9.17) is 4.74 Å². The standard InChI is InChI=1S/C21H26N2O6S/c1-5-16-10-9-11-17(6-2)21(16)22(14-20(24)29-15(3)4)30(27,28)19-13-8-7-12-18(19)23(25)26/h7-13,15H,5-6,14H2,1-4H3. The number of carbonyl (C=O) groups is 1. The molecule has 2 aromatic rings. The molecule has 0 aliphatic rings. The van der Waals surface area contributed by atoms with Crippen LogP contribution in [0.2, 0.25) is 0 Å². The van der Waals surface area contributed by atoms with E-state index in [-0.39, 0.29) is 0 Å². The van der Waals surface area contributed by atoms with Crippen molar-refractivity contribution in [1.29, 1.82) is 0 Å². The van der Waals surface area contributed by atoms with Gasteiger partial charge in [0, 0.05) is 6.07 Å². The average Bonchev–Trinajstić information content (AvgIpc) is 2.70. The highest BCUT2D eigenvalue weighted by Crippen LogP contribution is 2.34. The Hall–Kier alpha value is -2.94. The van der Waals surface area contributed by atoms with Crippen LogP contribution in [0.4, 0.5) is 11.4 Å². The van der Waals surface area contributed by atoms with Gasteiger partial charge in [-0.25, -0.2) is 8.42 Å². The number of ether oxygens (including phenoxy) is 1. The average molecular weight is 435 g/mol. The summed E-state index contributed by atoms with van der Waals surface area (Å²) in [7, 11) is -4.44. The number of nitro benzene ring substituents is 1. The van der Waals surface area contributed by atoms with Crippen LogP contribution in [0.5, 0.6) is 0 Å². The van der Waals surface area contributed by atoms with Gasteiger partial charge in [-0.15, -0.1) is 0 Å². The summed E-state index contributed by atoms with van der Waals surface area (Å²) in [6.45, 7) is 6.49. The van der Waals surface area contributed by atoms with Gasteiger partial charge in [0.05, 0.1) is 16.7 Å². The number of esters is 1. The van der Waals surface area contributed by atoms with Crippen LogP contribution in [-0.2, 0) is 32.4 Å². The Balaban J connectivity index is 2.75. The SMILES string of the molecule is CCc1cccc(CC)c1N(CC(=O)OC(C)C)S(=O)(=O)c1ccccc1[N+](=O)[O-]. The van der Waals surface area contributed by atoms with Crippen LogP contribution < -0.4 is 4.31 Å². The molecule has 0 aliphatic heterocycles. The van der Waals surface area contributed by atoms with Crippen LogP contribution in [0.1, 0.15) is 38.8 Å². The van der Waals surface area contributed by atoms with Crippen LogP contribution in [0.3, 0.4) is 0 Å². The lowest BCUT2D eigenvalue weighted by Crippen LogP contribution is -2.38. The lowest BCUT2D eigenvalue weighted by molar-refractivity contribution is -0.387. The molecule has 8 nitrogen and oxygen atoms in total. The first-order chi connectivity index (χ1) is 14.1. The number of para-hydroxylation sites is 2. The first-order valence-electron chi connectivity index (χ1n) is 9.69. The highest BCUT2D eigenvalue weighted by molar-refractivity contribution is 7.93.